The fourth-order valence-electron chi connectivity index (χ4n) is 4.22. The van der Waals surface area contributed by atoms with E-state index in [0.29, 0.717) is 0 Å². The predicted molar refractivity (Wildman–Crippen MR) is 131 cm³/mol. The van der Waals surface area contributed by atoms with Gasteiger partial charge in [0.05, 0.1) is 0 Å². The van der Waals surface area contributed by atoms with Gasteiger partial charge in [0, 0.05) is 5.92 Å². The number of hydrogen-bond donors (Lipinski definition) is 3. The van der Waals surface area contributed by atoms with Crippen LogP contribution in [0, 0.1) is 5.41 Å². The smallest absolute Gasteiger partial charge is 0.412 e. The maximum Gasteiger partial charge on any atom is 0.412 e. The number of hydrogen-bond acceptors (Lipinski definition) is 5. The monoisotopic (exact) mass is 473 g/mol. The van der Waals surface area contributed by atoms with Crippen molar-refractivity contribution in [1.82, 2.24) is 10.3 Å². The summed E-state index contributed by atoms with van der Waals surface area (Å²) in [6.45, 7) is 5.30. The number of aromatic nitrogens is 1. The Balaban J connectivity index is 1.41. The number of fused-ring (bicyclic) bond motifs is 3. The topological polar surface area (TPSA) is 118 Å². The van der Waals surface area contributed by atoms with Gasteiger partial charge in [-0.25, -0.2) is 14.6 Å². The van der Waals surface area contributed by atoms with Gasteiger partial charge >= 0.3 is 12.1 Å². The molecule has 1 atom stereocenters. The van der Waals surface area contributed by atoms with Crippen LogP contribution in [0.3, 0.4) is 0 Å². The van der Waals surface area contributed by atoms with Gasteiger partial charge in [0.2, 0.25) is 0 Å². The summed E-state index contributed by atoms with van der Waals surface area (Å²) in [6.07, 6.45) is -0.699. The Kier molecular flexibility index (Phi) is 6.55. The molecule has 1 aliphatic carbocycles. The Labute approximate surface area is 203 Å². The Morgan fingerprint density at radius 1 is 0.943 bits per heavy atom. The molecule has 8 nitrogen and oxygen atoms in total. The first-order valence-electron chi connectivity index (χ1n) is 11.3. The second-order valence-electron chi connectivity index (χ2n) is 9.47. The van der Waals surface area contributed by atoms with E-state index in [1.54, 1.807) is 26.8 Å². The summed E-state index contributed by atoms with van der Waals surface area (Å²) in [5.74, 6) is -1.75. The highest BCUT2D eigenvalue weighted by molar-refractivity contribution is 5.96. The SMILES string of the molecule is CC(C)(C)[C@H](NC(=O)c1cccc(NC(=O)OCC2c3ccccc3-c3ccccc32)n1)C(=O)O. The number of nitrogens with zero attached hydrogens (tertiary/aromatic N) is 1. The van der Waals surface area contributed by atoms with Gasteiger partial charge in [0.25, 0.3) is 5.91 Å². The molecular weight excluding hydrogens is 446 g/mol. The zero-order valence-electron chi connectivity index (χ0n) is 19.7. The van der Waals surface area contributed by atoms with Crippen LogP contribution >= 0.6 is 0 Å². The highest BCUT2D eigenvalue weighted by Gasteiger charge is 2.33. The van der Waals surface area contributed by atoms with Crippen LogP contribution in [-0.4, -0.2) is 40.7 Å². The molecule has 1 aliphatic rings. The Morgan fingerprint density at radius 2 is 1.54 bits per heavy atom. The van der Waals surface area contributed by atoms with Crippen molar-refractivity contribution >= 4 is 23.8 Å². The van der Waals surface area contributed by atoms with Gasteiger partial charge in [-0.2, -0.15) is 0 Å². The van der Waals surface area contributed by atoms with Crippen molar-refractivity contribution in [3.63, 3.8) is 0 Å². The fraction of sp³-hybridized carbons (Fsp3) is 0.259. The van der Waals surface area contributed by atoms with Crippen LogP contribution in [0.1, 0.15) is 48.3 Å². The van der Waals surface area contributed by atoms with Gasteiger partial charge in [-0.15, -0.1) is 0 Å². The first kappa shape index (κ1) is 23.9. The summed E-state index contributed by atoms with van der Waals surface area (Å²) in [5, 5.41) is 14.5. The summed E-state index contributed by atoms with van der Waals surface area (Å²) < 4.78 is 5.52. The molecule has 0 unspecified atom stereocenters. The fourth-order valence-corrected chi connectivity index (χ4v) is 4.22. The van der Waals surface area contributed by atoms with Gasteiger partial charge in [0.15, 0.2) is 0 Å². The Hall–Kier alpha value is -4.20. The molecule has 0 aliphatic heterocycles. The lowest BCUT2D eigenvalue weighted by Gasteiger charge is -2.27. The zero-order valence-corrected chi connectivity index (χ0v) is 19.7. The average Bonchev–Trinajstić information content (AvgIpc) is 3.14. The number of benzene rings is 2. The van der Waals surface area contributed by atoms with Gasteiger partial charge in [-0.1, -0.05) is 75.4 Å². The van der Waals surface area contributed by atoms with Crippen LogP contribution in [0.15, 0.2) is 66.7 Å². The summed E-state index contributed by atoms with van der Waals surface area (Å²) in [4.78, 5) is 40.8. The van der Waals surface area contributed by atoms with E-state index in [1.165, 1.54) is 12.1 Å². The maximum atomic E-state index is 12.6. The van der Waals surface area contributed by atoms with Crippen LogP contribution in [0.5, 0.6) is 0 Å². The highest BCUT2D eigenvalue weighted by atomic mass is 16.5. The average molecular weight is 474 g/mol. The zero-order chi connectivity index (χ0) is 25.2. The van der Waals surface area contributed by atoms with E-state index in [2.05, 4.69) is 27.8 Å². The molecule has 3 N–H and O–H groups in total. The number of pyridine rings is 1. The molecule has 180 valence electrons. The number of anilines is 1. The predicted octanol–water partition coefficient (Wildman–Crippen LogP) is 4.67. The second-order valence-corrected chi connectivity index (χ2v) is 9.47. The molecule has 1 heterocycles. The summed E-state index contributed by atoms with van der Waals surface area (Å²) >= 11 is 0. The number of ether oxygens (including phenoxy) is 1. The number of aliphatic carboxylic acids is 1. The molecule has 0 spiro atoms. The highest BCUT2D eigenvalue weighted by Crippen LogP contribution is 2.44. The van der Waals surface area contributed by atoms with E-state index < -0.39 is 29.4 Å². The number of rotatable bonds is 6. The van der Waals surface area contributed by atoms with Crippen LogP contribution in [0.25, 0.3) is 11.1 Å². The van der Waals surface area contributed by atoms with Crippen LogP contribution in [0.4, 0.5) is 10.6 Å². The standard InChI is InChI=1S/C27H27N3O5/c1-27(2,3)23(25(32)33)30-24(31)21-13-8-14-22(28-21)29-26(34)35-15-20-18-11-6-4-9-16(18)17-10-5-7-12-19(17)20/h4-14,20,23H,15H2,1-3H3,(H,30,31)(H,32,33)(H,28,29,34)/t23-/m1/s1. The minimum atomic E-state index is -1.14. The summed E-state index contributed by atoms with van der Waals surface area (Å²) in [6, 6.07) is 19.5. The third kappa shape index (κ3) is 5.16. The summed E-state index contributed by atoms with van der Waals surface area (Å²) in [5.41, 5.74) is 3.76. The van der Waals surface area contributed by atoms with Crippen molar-refractivity contribution in [2.75, 3.05) is 11.9 Å². The molecule has 2 aromatic carbocycles. The molecule has 2 amide bonds. The number of carboxylic acids is 1. The molecule has 0 saturated heterocycles. The number of carbonyl (C=O) groups excluding carboxylic acids is 2. The van der Waals surface area contributed by atoms with Gasteiger partial charge in [-0.3, -0.25) is 10.1 Å². The van der Waals surface area contributed by atoms with E-state index in [1.807, 2.05) is 36.4 Å². The Bertz CT molecular complexity index is 1240. The van der Waals surface area contributed by atoms with Crippen LogP contribution in [0.2, 0.25) is 0 Å². The third-order valence-electron chi connectivity index (χ3n) is 5.94. The minimum absolute atomic E-state index is 0.0167. The lowest BCUT2D eigenvalue weighted by molar-refractivity contribution is -0.142. The quantitative estimate of drug-likeness (QED) is 0.479. The number of carbonyl (C=O) groups is 3. The van der Waals surface area contributed by atoms with Gasteiger partial charge in [-0.05, 0) is 39.8 Å². The molecule has 0 radical (unpaired) electrons. The van der Waals surface area contributed by atoms with E-state index in [4.69, 9.17) is 4.74 Å². The molecule has 8 heteroatoms. The molecule has 4 rings (SSSR count). The lowest BCUT2D eigenvalue weighted by Crippen LogP contribution is -2.49. The van der Waals surface area contributed by atoms with E-state index in [9.17, 15) is 19.5 Å². The molecule has 35 heavy (non-hydrogen) atoms. The van der Waals surface area contributed by atoms with Crippen molar-refractivity contribution in [2.24, 2.45) is 5.41 Å². The summed E-state index contributed by atoms with van der Waals surface area (Å²) in [7, 11) is 0. The maximum absolute atomic E-state index is 12.6. The van der Waals surface area contributed by atoms with Crippen LogP contribution in [-0.2, 0) is 9.53 Å². The molecule has 1 aromatic heterocycles. The molecule has 0 bridgehead atoms. The largest absolute Gasteiger partial charge is 0.480 e. The van der Waals surface area contributed by atoms with Gasteiger partial charge in [0.1, 0.15) is 24.2 Å². The van der Waals surface area contributed by atoms with Crippen molar-refractivity contribution in [3.8, 4) is 11.1 Å². The minimum Gasteiger partial charge on any atom is -0.480 e. The van der Waals surface area contributed by atoms with Crippen molar-refractivity contribution in [2.45, 2.75) is 32.7 Å². The first-order chi connectivity index (χ1) is 16.6. The first-order valence-corrected chi connectivity index (χ1v) is 11.3. The van der Waals surface area contributed by atoms with Crippen molar-refractivity contribution in [1.29, 1.82) is 0 Å². The number of amides is 2. The third-order valence-corrected chi connectivity index (χ3v) is 5.94. The lowest BCUT2D eigenvalue weighted by atomic mass is 9.86. The van der Waals surface area contributed by atoms with Gasteiger partial charge < -0.3 is 15.2 Å². The van der Waals surface area contributed by atoms with Crippen LogP contribution < -0.4 is 10.6 Å². The Morgan fingerprint density at radius 3 is 2.11 bits per heavy atom. The van der Waals surface area contributed by atoms with Crippen molar-refractivity contribution < 1.29 is 24.2 Å². The van der Waals surface area contributed by atoms with Crippen molar-refractivity contribution in [3.05, 3.63) is 83.6 Å². The number of carboxylic acid groups (broad SMARTS) is 1. The molecule has 0 fully saturated rings. The molecule has 0 saturated carbocycles. The normalized spacial score (nSPS) is 13.3. The molecule has 3 aromatic rings. The van der Waals surface area contributed by atoms with E-state index in [-0.39, 0.29) is 24.0 Å². The second kappa shape index (κ2) is 9.58. The number of nitrogens with one attached hydrogen (secondary N) is 2. The van der Waals surface area contributed by atoms with E-state index in [0.717, 1.165) is 22.3 Å². The van der Waals surface area contributed by atoms with E-state index >= 15 is 0 Å². The molecular formula is C27H27N3O5.